The van der Waals surface area contributed by atoms with Crippen molar-refractivity contribution in [3.63, 3.8) is 0 Å². The average molecular weight is 379 g/mol. The van der Waals surface area contributed by atoms with Gasteiger partial charge in [-0.05, 0) is 47.3 Å². The van der Waals surface area contributed by atoms with Gasteiger partial charge in [0.2, 0.25) is 11.8 Å². The number of amides is 2. The Morgan fingerprint density at radius 2 is 1.61 bits per heavy atom. The molecule has 2 saturated carbocycles. The van der Waals surface area contributed by atoms with E-state index >= 15 is 0 Å². The second-order valence-corrected chi connectivity index (χ2v) is 7.47. The molecule has 4 nitrogen and oxygen atoms in total. The summed E-state index contributed by atoms with van der Waals surface area (Å²) in [6.07, 6.45) is 7.75. The van der Waals surface area contributed by atoms with Gasteiger partial charge in [0.1, 0.15) is 0 Å². The summed E-state index contributed by atoms with van der Waals surface area (Å²) in [5, 5.41) is 6.06. The smallest absolute Gasteiger partial charge is 0.228 e. The summed E-state index contributed by atoms with van der Waals surface area (Å²) in [6.45, 7) is 0. The molecule has 2 aliphatic carbocycles. The molecule has 0 aromatic heterocycles. The Hall–Kier alpha value is -1.36. The van der Waals surface area contributed by atoms with Crippen molar-refractivity contribution in [1.29, 1.82) is 0 Å². The van der Waals surface area contributed by atoms with E-state index in [-0.39, 0.29) is 23.7 Å². The minimum atomic E-state index is -0.187. The van der Waals surface area contributed by atoms with Gasteiger partial charge in [-0.1, -0.05) is 37.8 Å². The largest absolute Gasteiger partial charge is 0.353 e. The Labute approximate surface area is 145 Å². The molecule has 1 aromatic carbocycles. The molecule has 0 bridgehead atoms. The Morgan fingerprint density at radius 1 is 0.957 bits per heavy atom. The SMILES string of the molecule is O=C(Nc1ccccc1Br)C1CC1C(=O)NC1CCCCCC1. The zero-order valence-corrected chi connectivity index (χ0v) is 14.8. The van der Waals surface area contributed by atoms with Crippen LogP contribution in [0.4, 0.5) is 5.69 Å². The van der Waals surface area contributed by atoms with Gasteiger partial charge in [0.25, 0.3) is 0 Å². The number of benzene rings is 1. The number of nitrogens with one attached hydrogen (secondary N) is 2. The highest BCUT2D eigenvalue weighted by atomic mass is 79.9. The molecule has 0 aliphatic heterocycles. The van der Waals surface area contributed by atoms with Gasteiger partial charge in [-0.3, -0.25) is 9.59 Å². The molecule has 2 fully saturated rings. The average Bonchev–Trinajstić information content (AvgIpc) is 3.33. The van der Waals surface area contributed by atoms with Crippen LogP contribution in [0, 0.1) is 11.8 Å². The molecular formula is C18H23BrN2O2. The normalized spacial score (nSPS) is 24.6. The third-order valence-electron chi connectivity index (χ3n) is 4.80. The van der Waals surface area contributed by atoms with Crippen molar-refractivity contribution in [3.8, 4) is 0 Å². The minimum absolute atomic E-state index is 0.0575. The van der Waals surface area contributed by atoms with Gasteiger partial charge in [-0.15, -0.1) is 0 Å². The minimum Gasteiger partial charge on any atom is -0.353 e. The Balaban J connectivity index is 1.49. The van der Waals surface area contributed by atoms with Gasteiger partial charge in [0, 0.05) is 10.5 Å². The van der Waals surface area contributed by atoms with E-state index in [1.54, 1.807) is 0 Å². The third-order valence-corrected chi connectivity index (χ3v) is 5.49. The molecule has 0 saturated heterocycles. The quantitative estimate of drug-likeness (QED) is 0.781. The fourth-order valence-corrected chi connectivity index (χ4v) is 3.68. The van der Waals surface area contributed by atoms with E-state index in [1.807, 2.05) is 24.3 Å². The monoisotopic (exact) mass is 378 g/mol. The lowest BCUT2D eigenvalue weighted by atomic mass is 10.1. The van der Waals surface area contributed by atoms with Crippen LogP contribution in [0.2, 0.25) is 0 Å². The third kappa shape index (κ3) is 4.34. The number of para-hydroxylation sites is 1. The van der Waals surface area contributed by atoms with Crippen molar-refractivity contribution in [1.82, 2.24) is 5.32 Å². The van der Waals surface area contributed by atoms with E-state index < -0.39 is 0 Å². The van der Waals surface area contributed by atoms with Gasteiger partial charge < -0.3 is 10.6 Å². The van der Waals surface area contributed by atoms with Crippen LogP contribution in [0.5, 0.6) is 0 Å². The number of anilines is 1. The number of halogens is 1. The van der Waals surface area contributed by atoms with E-state index in [2.05, 4.69) is 26.6 Å². The topological polar surface area (TPSA) is 58.2 Å². The maximum absolute atomic E-state index is 12.3. The van der Waals surface area contributed by atoms with Crippen molar-refractivity contribution < 1.29 is 9.59 Å². The highest BCUT2D eigenvalue weighted by molar-refractivity contribution is 9.10. The first kappa shape index (κ1) is 16.5. The van der Waals surface area contributed by atoms with Gasteiger partial charge in [0.15, 0.2) is 0 Å². The van der Waals surface area contributed by atoms with Gasteiger partial charge in [0.05, 0.1) is 17.5 Å². The summed E-state index contributed by atoms with van der Waals surface area (Å²) < 4.78 is 0.855. The molecule has 2 atom stereocenters. The molecule has 0 spiro atoms. The van der Waals surface area contributed by atoms with Crippen molar-refractivity contribution in [2.45, 2.75) is 51.0 Å². The molecule has 23 heavy (non-hydrogen) atoms. The van der Waals surface area contributed by atoms with Crippen LogP contribution in [0.25, 0.3) is 0 Å². The maximum Gasteiger partial charge on any atom is 0.228 e. The van der Waals surface area contributed by atoms with E-state index in [4.69, 9.17) is 0 Å². The predicted octanol–water partition coefficient (Wildman–Crippen LogP) is 3.86. The fourth-order valence-electron chi connectivity index (χ4n) is 3.29. The lowest BCUT2D eigenvalue weighted by Gasteiger charge is -2.16. The highest BCUT2D eigenvalue weighted by Crippen LogP contribution is 2.40. The van der Waals surface area contributed by atoms with E-state index in [9.17, 15) is 9.59 Å². The summed E-state index contributed by atoms with van der Waals surface area (Å²) in [6, 6.07) is 7.82. The number of carbonyl (C=O) groups is 2. The maximum atomic E-state index is 12.3. The van der Waals surface area contributed by atoms with Crippen molar-refractivity contribution in [3.05, 3.63) is 28.7 Å². The van der Waals surface area contributed by atoms with E-state index in [0.29, 0.717) is 12.5 Å². The van der Waals surface area contributed by atoms with Crippen LogP contribution in [0.15, 0.2) is 28.7 Å². The van der Waals surface area contributed by atoms with Gasteiger partial charge in [-0.25, -0.2) is 0 Å². The molecule has 1 aromatic rings. The molecule has 124 valence electrons. The lowest BCUT2D eigenvalue weighted by molar-refractivity contribution is -0.125. The molecule has 2 unspecified atom stereocenters. The number of carbonyl (C=O) groups excluding carboxylic acids is 2. The van der Waals surface area contributed by atoms with Crippen LogP contribution in [0.1, 0.15) is 44.9 Å². The number of hydrogen-bond donors (Lipinski definition) is 2. The summed E-state index contributed by atoms with van der Waals surface area (Å²) in [4.78, 5) is 24.6. The molecule has 2 N–H and O–H groups in total. The first-order valence-corrected chi connectivity index (χ1v) is 9.30. The number of hydrogen-bond acceptors (Lipinski definition) is 2. The Kier molecular flexibility index (Phi) is 5.36. The molecule has 2 amide bonds. The van der Waals surface area contributed by atoms with Gasteiger partial charge in [-0.2, -0.15) is 0 Å². The zero-order chi connectivity index (χ0) is 16.2. The molecular weight excluding hydrogens is 356 g/mol. The van der Waals surface area contributed by atoms with Crippen LogP contribution in [-0.2, 0) is 9.59 Å². The van der Waals surface area contributed by atoms with Crippen LogP contribution in [0.3, 0.4) is 0 Å². The van der Waals surface area contributed by atoms with Crippen molar-refractivity contribution in [2.24, 2.45) is 11.8 Å². The second-order valence-electron chi connectivity index (χ2n) is 6.61. The summed E-state index contributed by atoms with van der Waals surface area (Å²) in [5.74, 6) is -0.337. The van der Waals surface area contributed by atoms with Crippen molar-refractivity contribution in [2.75, 3.05) is 5.32 Å². The zero-order valence-electron chi connectivity index (χ0n) is 13.2. The Morgan fingerprint density at radius 3 is 2.30 bits per heavy atom. The molecule has 0 radical (unpaired) electrons. The van der Waals surface area contributed by atoms with Crippen LogP contribution >= 0.6 is 15.9 Å². The van der Waals surface area contributed by atoms with Gasteiger partial charge >= 0.3 is 0 Å². The molecule has 3 rings (SSSR count). The first-order chi connectivity index (χ1) is 11.1. The molecule has 5 heteroatoms. The summed E-state index contributed by atoms with van der Waals surface area (Å²) >= 11 is 3.42. The fraction of sp³-hybridized carbons (Fsp3) is 0.556. The Bertz CT molecular complexity index is 582. The summed E-state index contributed by atoms with van der Waals surface area (Å²) in [5.41, 5.74) is 0.757. The van der Waals surface area contributed by atoms with Crippen molar-refractivity contribution >= 4 is 33.4 Å². The highest BCUT2D eigenvalue weighted by Gasteiger charge is 2.48. The van der Waals surface area contributed by atoms with E-state index in [0.717, 1.165) is 23.0 Å². The lowest BCUT2D eigenvalue weighted by Crippen LogP contribution is -2.36. The van der Waals surface area contributed by atoms with E-state index in [1.165, 1.54) is 25.7 Å². The molecule has 0 heterocycles. The first-order valence-electron chi connectivity index (χ1n) is 8.51. The van der Waals surface area contributed by atoms with Crippen LogP contribution in [-0.4, -0.2) is 17.9 Å². The second kappa shape index (κ2) is 7.47. The standard InChI is InChI=1S/C18H23BrN2O2/c19-15-9-5-6-10-16(15)21-18(23)14-11-13(14)17(22)20-12-7-3-1-2-4-8-12/h5-6,9-10,12-14H,1-4,7-8,11H2,(H,20,22)(H,21,23). The van der Waals surface area contributed by atoms with Crippen LogP contribution < -0.4 is 10.6 Å². The molecule has 2 aliphatic rings. The summed E-state index contributed by atoms with van der Waals surface area (Å²) in [7, 11) is 0. The predicted molar refractivity (Wildman–Crippen MR) is 94.0 cm³/mol. The number of rotatable bonds is 4.